The lowest BCUT2D eigenvalue weighted by Gasteiger charge is -2.20. The van der Waals surface area contributed by atoms with Gasteiger partial charge in [0.15, 0.2) is 0 Å². The zero-order chi connectivity index (χ0) is 21.4. The van der Waals surface area contributed by atoms with E-state index in [1.54, 1.807) is 31.2 Å². The van der Waals surface area contributed by atoms with Crippen molar-refractivity contribution in [3.05, 3.63) is 59.7 Å². The van der Waals surface area contributed by atoms with Gasteiger partial charge in [-0.1, -0.05) is 19.1 Å². The summed E-state index contributed by atoms with van der Waals surface area (Å²) in [6.07, 6.45) is -4.59. The molecule has 9 heteroatoms. The molecule has 152 valence electrons. The second-order valence-corrected chi connectivity index (χ2v) is 6.13. The highest BCUT2D eigenvalue weighted by Crippen LogP contribution is 2.34. The van der Waals surface area contributed by atoms with Crippen LogP contribution in [0.25, 0.3) is 0 Å². The average Bonchev–Trinajstić information content (AvgIpc) is 2.67. The number of anilines is 2. The van der Waals surface area contributed by atoms with Gasteiger partial charge in [0.2, 0.25) is 11.8 Å². The van der Waals surface area contributed by atoms with Crippen LogP contribution in [0.1, 0.15) is 18.1 Å². The molecule has 2 amide bonds. The molecule has 2 N–H and O–H groups in total. The van der Waals surface area contributed by atoms with Gasteiger partial charge in [0, 0.05) is 5.69 Å². The maximum Gasteiger partial charge on any atom is 0.418 e. The zero-order valence-electron chi connectivity index (χ0n) is 15.6. The molecule has 6 nitrogen and oxygen atoms in total. The lowest BCUT2D eigenvalue weighted by Crippen LogP contribution is -2.38. The van der Waals surface area contributed by atoms with Gasteiger partial charge in [-0.05, 0) is 42.9 Å². The number of benzene rings is 2. The van der Waals surface area contributed by atoms with Crippen LogP contribution in [0, 0.1) is 11.3 Å². The topological polar surface area (TPSA) is 85.2 Å². The molecule has 29 heavy (non-hydrogen) atoms. The Balaban J connectivity index is 1.94. The predicted molar refractivity (Wildman–Crippen MR) is 102 cm³/mol. The van der Waals surface area contributed by atoms with Crippen molar-refractivity contribution in [2.75, 3.05) is 30.3 Å². The van der Waals surface area contributed by atoms with Gasteiger partial charge in [0.25, 0.3) is 0 Å². The molecule has 0 bridgehead atoms. The number of rotatable bonds is 7. The highest BCUT2D eigenvalue weighted by Gasteiger charge is 2.33. The van der Waals surface area contributed by atoms with Gasteiger partial charge in [-0.25, -0.2) is 0 Å². The van der Waals surface area contributed by atoms with Crippen LogP contribution in [0.5, 0.6) is 0 Å². The Morgan fingerprint density at radius 3 is 2.14 bits per heavy atom. The molecule has 0 aromatic heterocycles. The Morgan fingerprint density at radius 1 is 1.00 bits per heavy atom. The first-order chi connectivity index (χ1) is 13.7. The summed E-state index contributed by atoms with van der Waals surface area (Å²) in [5, 5.41) is 13.7. The van der Waals surface area contributed by atoms with Gasteiger partial charge in [0.1, 0.15) is 0 Å². The monoisotopic (exact) mass is 404 g/mol. The summed E-state index contributed by atoms with van der Waals surface area (Å²) in [6, 6.07) is 12.9. The molecule has 0 aliphatic carbocycles. The quantitative estimate of drug-likeness (QED) is 0.740. The van der Waals surface area contributed by atoms with Crippen molar-refractivity contribution in [2.24, 2.45) is 0 Å². The molecule has 2 aromatic rings. The van der Waals surface area contributed by atoms with Crippen molar-refractivity contribution in [3.8, 4) is 6.07 Å². The standard InChI is InChI=1S/C20H19F3N4O2/c1-2-27(12-18(28)25-15-9-7-14(11-24)8-10-15)13-19(29)26-17-6-4-3-5-16(17)20(21,22)23/h3-10H,2,12-13H2,1H3,(H,25,28)(H,26,29). The number of amides is 2. The van der Waals surface area contributed by atoms with E-state index in [2.05, 4.69) is 10.6 Å². The van der Waals surface area contributed by atoms with Crippen LogP contribution in [0.3, 0.4) is 0 Å². The maximum atomic E-state index is 13.0. The Kier molecular flexibility index (Phi) is 7.33. The minimum atomic E-state index is -4.59. The first kappa shape index (κ1) is 21.9. The van der Waals surface area contributed by atoms with Crippen LogP contribution in [0.2, 0.25) is 0 Å². The first-order valence-corrected chi connectivity index (χ1v) is 8.71. The summed E-state index contributed by atoms with van der Waals surface area (Å²) < 4.78 is 39.1. The van der Waals surface area contributed by atoms with Gasteiger partial charge < -0.3 is 10.6 Å². The zero-order valence-corrected chi connectivity index (χ0v) is 15.6. The Hall–Kier alpha value is -3.38. The third kappa shape index (κ3) is 6.62. The Morgan fingerprint density at radius 2 is 1.59 bits per heavy atom. The van der Waals surface area contributed by atoms with Crippen molar-refractivity contribution in [1.82, 2.24) is 4.90 Å². The van der Waals surface area contributed by atoms with Gasteiger partial charge in [0.05, 0.1) is 36.0 Å². The van der Waals surface area contributed by atoms with E-state index in [9.17, 15) is 22.8 Å². The van der Waals surface area contributed by atoms with E-state index in [1.807, 2.05) is 6.07 Å². The molecule has 0 radical (unpaired) electrons. The molecule has 0 spiro atoms. The van der Waals surface area contributed by atoms with Crippen LogP contribution in [-0.2, 0) is 15.8 Å². The number of hydrogen-bond acceptors (Lipinski definition) is 4. The molecular formula is C20H19F3N4O2. The number of halogens is 3. The number of hydrogen-bond donors (Lipinski definition) is 2. The predicted octanol–water partition coefficient (Wildman–Crippen LogP) is 3.48. The van der Waals surface area contributed by atoms with Crippen LogP contribution in [0.15, 0.2) is 48.5 Å². The lowest BCUT2D eigenvalue weighted by atomic mass is 10.1. The summed E-state index contributed by atoms with van der Waals surface area (Å²) in [6.45, 7) is 1.70. The van der Waals surface area contributed by atoms with Crippen molar-refractivity contribution in [2.45, 2.75) is 13.1 Å². The number of likely N-dealkylation sites (N-methyl/N-ethyl adjacent to an activating group) is 1. The number of carbonyl (C=O) groups is 2. The first-order valence-electron chi connectivity index (χ1n) is 8.71. The average molecular weight is 404 g/mol. The number of nitrogens with zero attached hydrogens (tertiary/aromatic N) is 2. The highest BCUT2D eigenvalue weighted by molar-refractivity contribution is 5.95. The van der Waals surface area contributed by atoms with E-state index in [1.165, 1.54) is 23.1 Å². The SMILES string of the molecule is CCN(CC(=O)Nc1ccc(C#N)cc1)CC(=O)Nc1ccccc1C(F)(F)F. The third-order valence-electron chi connectivity index (χ3n) is 3.99. The molecular weight excluding hydrogens is 385 g/mol. The van der Waals surface area contributed by atoms with Gasteiger partial charge in [-0.2, -0.15) is 18.4 Å². The fourth-order valence-electron chi connectivity index (χ4n) is 2.54. The van der Waals surface area contributed by atoms with Crippen molar-refractivity contribution in [3.63, 3.8) is 0 Å². The number of nitriles is 1. The van der Waals surface area contributed by atoms with E-state index in [-0.39, 0.29) is 24.7 Å². The number of para-hydroxylation sites is 1. The maximum absolute atomic E-state index is 13.0. The second kappa shape index (κ2) is 9.71. The summed E-state index contributed by atoms with van der Waals surface area (Å²) in [4.78, 5) is 25.8. The van der Waals surface area contributed by atoms with Crippen molar-refractivity contribution < 1.29 is 22.8 Å². The molecule has 0 atom stereocenters. The van der Waals surface area contributed by atoms with Crippen LogP contribution < -0.4 is 10.6 Å². The lowest BCUT2D eigenvalue weighted by molar-refractivity contribution is -0.137. The molecule has 0 aliphatic rings. The van der Waals surface area contributed by atoms with E-state index in [0.29, 0.717) is 17.8 Å². The summed E-state index contributed by atoms with van der Waals surface area (Å²) in [5.41, 5.74) is -0.319. The van der Waals surface area contributed by atoms with E-state index >= 15 is 0 Å². The van der Waals surface area contributed by atoms with Gasteiger partial charge >= 0.3 is 6.18 Å². The van der Waals surface area contributed by atoms with E-state index < -0.39 is 17.6 Å². The number of alkyl halides is 3. The largest absolute Gasteiger partial charge is 0.418 e. The molecule has 0 fully saturated rings. The third-order valence-corrected chi connectivity index (χ3v) is 3.99. The fourth-order valence-corrected chi connectivity index (χ4v) is 2.54. The summed E-state index contributed by atoms with van der Waals surface area (Å²) in [5.74, 6) is -1.05. The summed E-state index contributed by atoms with van der Waals surface area (Å²) in [7, 11) is 0. The van der Waals surface area contributed by atoms with Gasteiger partial charge in [-0.3, -0.25) is 14.5 Å². The molecule has 0 heterocycles. The molecule has 0 saturated heterocycles. The van der Waals surface area contributed by atoms with E-state index in [0.717, 1.165) is 6.07 Å². The van der Waals surface area contributed by atoms with Gasteiger partial charge in [-0.15, -0.1) is 0 Å². The minimum absolute atomic E-state index is 0.120. The number of carbonyl (C=O) groups excluding carboxylic acids is 2. The molecule has 0 unspecified atom stereocenters. The van der Waals surface area contributed by atoms with E-state index in [4.69, 9.17) is 5.26 Å². The number of nitrogens with one attached hydrogen (secondary N) is 2. The van der Waals surface area contributed by atoms with Crippen LogP contribution in [-0.4, -0.2) is 36.3 Å². The normalized spacial score (nSPS) is 11.0. The van der Waals surface area contributed by atoms with Crippen LogP contribution >= 0.6 is 0 Å². The Labute approximate surface area is 165 Å². The Bertz CT molecular complexity index is 905. The highest BCUT2D eigenvalue weighted by atomic mass is 19.4. The minimum Gasteiger partial charge on any atom is -0.325 e. The molecule has 2 rings (SSSR count). The van der Waals surface area contributed by atoms with Crippen LogP contribution in [0.4, 0.5) is 24.5 Å². The second-order valence-electron chi connectivity index (χ2n) is 6.13. The van der Waals surface area contributed by atoms with Crippen molar-refractivity contribution >= 4 is 23.2 Å². The fraction of sp³-hybridized carbons (Fsp3) is 0.250. The molecule has 2 aromatic carbocycles. The summed E-state index contributed by atoms with van der Waals surface area (Å²) >= 11 is 0. The molecule has 0 aliphatic heterocycles. The smallest absolute Gasteiger partial charge is 0.325 e. The van der Waals surface area contributed by atoms with Crippen molar-refractivity contribution in [1.29, 1.82) is 5.26 Å². The molecule has 0 saturated carbocycles.